The quantitative estimate of drug-likeness (QED) is 0.892. The molecule has 1 saturated heterocycles. The van der Waals surface area contributed by atoms with E-state index in [0.29, 0.717) is 36.5 Å². The Morgan fingerprint density at radius 2 is 2.33 bits per heavy atom. The first-order valence-corrected chi connectivity index (χ1v) is 6.45. The largest absolute Gasteiger partial charge is 0.390 e. The minimum absolute atomic E-state index is 0.253. The van der Waals surface area contributed by atoms with Crippen molar-refractivity contribution in [1.29, 1.82) is 0 Å². The number of hydrogen-bond donors (Lipinski definition) is 1. The highest BCUT2D eigenvalue weighted by Crippen LogP contribution is 2.33. The van der Waals surface area contributed by atoms with Crippen molar-refractivity contribution in [2.75, 3.05) is 25.6 Å². The van der Waals surface area contributed by atoms with Crippen molar-refractivity contribution in [2.45, 2.75) is 13.0 Å². The number of nitrogen functional groups attached to an aromatic ring is 1. The molecule has 96 valence electrons. The highest BCUT2D eigenvalue weighted by atomic mass is 32.1. The Balaban J connectivity index is 1.86. The summed E-state index contributed by atoms with van der Waals surface area (Å²) in [6, 6.07) is 1.94. The SMILES string of the molecule is Cc1cc(-c2nc(C3COCCO3)no2)c(N)s1. The van der Waals surface area contributed by atoms with Crippen LogP contribution in [0.3, 0.4) is 0 Å². The van der Waals surface area contributed by atoms with E-state index in [4.69, 9.17) is 19.7 Å². The van der Waals surface area contributed by atoms with Gasteiger partial charge in [-0.1, -0.05) is 5.16 Å². The molecule has 1 unspecified atom stereocenters. The lowest BCUT2D eigenvalue weighted by atomic mass is 10.3. The van der Waals surface area contributed by atoms with Crippen LogP contribution in [0.5, 0.6) is 0 Å². The van der Waals surface area contributed by atoms with Crippen LogP contribution in [0, 0.1) is 6.92 Å². The van der Waals surface area contributed by atoms with E-state index in [1.54, 1.807) is 0 Å². The van der Waals surface area contributed by atoms with Crippen molar-refractivity contribution >= 4 is 16.3 Å². The summed E-state index contributed by atoms with van der Waals surface area (Å²) in [7, 11) is 0. The van der Waals surface area contributed by atoms with Gasteiger partial charge >= 0.3 is 0 Å². The van der Waals surface area contributed by atoms with E-state index in [1.807, 2.05) is 13.0 Å². The molecule has 1 aliphatic rings. The van der Waals surface area contributed by atoms with E-state index < -0.39 is 0 Å². The van der Waals surface area contributed by atoms with Crippen molar-refractivity contribution in [2.24, 2.45) is 0 Å². The first-order chi connectivity index (χ1) is 8.74. The number of thiophene rings is 1. The van der Waals surface area contributed by atoms with Crippen LogP contribution >= 0.6 is 11.3 Å². The molecule has 0 radical (unpaired) electrons. The van der Waals surface area contributed by atoms with Gasteiger partial charge in [-0.05, 0) is 13.0 Å². The molecule has 0 aliphatic carbocycles. The number of rotatable bonds is 2. The molecule has 2 N–H and O–H groups in total. The molecule has 18 heavy (non-hydrogen) atoms. The van der Waals surface area contributed by atoms with Crippen LogP contribution < -0.4 is 5.73 Å². The Hall–Kier alpha value is -1.44. The monoisotopic (exact) mass is 267 g/mol. The number of aryl methyl sites for hydroxylation is 1. The molecule has 3 rings (SSSR count). The summed E-state index contributed by atoms with van der Waals surface area (Å²) in [6.07, 6.45) is -0.253. The Kier molecular flexibility index (Phi) is 3.02. The van der Waals surface area contributed by atoms with Crippen LogP contribution in [0.4, 0.5) is 5.00 Å². The molecular weight excluding hydrogens is 254 g/mol. The Labute approximate surface area is 108 Å². The third kappa shape index (κ3) is 2.12. The van der Waals surface area contributed by atoms with Crippen LogP contribution in [0.2, 0.25) is 0 Å². The number of anilines is 1. The Morgan fingerprint density at radius 3 is 3.00 bits per heavy atom. The van der Waals surface area contributed by atoms with Crippen molar-refractivity contribution in [3.8, 4) is 11.5 Å². The normalized spacial score (nSPS) is 20.2. The molecule has 7 heteroatoms. The summed E-state index contributed by atoms with van der Waals surface area (Å²) >= 11 is 1.50. The van der Waals surface area contributed by atoms with E-state index >= 15 is 0 Å². The van der Waals surface area contributed by atoms with E-state index in [2.05, 4.69) is 10.1 Å². The Morgan fingerprint density at radius 1 is 1.44 bits per heavy atom. The second-order valence-electron chi connectivity index (χ2n) is 4.03. The van der Waals surface area contributed by atoms with Gasteiger partial charge in [0.15, 0.2) is 0 Å². The van der Waals surface area contributed by atoms with Gasteiger partial charge in [0.25, 0.3) is 5.89 Å². The fourth-order valence-electron chi connectivity index (χ4n) is 1.81. The van der Waals surface area contributed by atoms with Gasteiger partial charge in [-0.15, -0.1) is 11.3 Å². The number of nitrogens with zero attached hydrogens (tertiary/aromatic N) is 2. The van der Waals surface area contributed by atoms with Crippen molar-refractivity contribution in [3.63, 3.8) is 0 Å². The summed E-state index contributed by atoms with van der Waals surface area (Å²) in [5.74, 6) is 0.939. The zero-order valence-electron chi connectivity index (χ0n) is 9.88. The second kappa shape index (κ2) is 4.68. The summed E-state index contributed by atoms with van der Waals surface area (Å²) in [6.45, 7) is 3.60. The van der Waals surface area contributed by atoms with Gasteiger partial charge in [0.05, 0.1) is 30.4 Å². The van der Waals surface area contributed by atoms with Gasteiger partial charge in [-0.3, -0.25) is 0 Å². The average molecular weight is 267 g/mol. The first kappa shape index (κ1) is 11.6. The van der Waals surface area contributed by atoms with E-state index in [-0.39, 0.29) is 6.10 Å². The third-order valence-electron chi connectivity index (χ3n) is 2.66. The maximum absolute atomic E-state index is 5.90. The third-order valence-corrected chi connectivity index (χ3v) is 3.54. The molecular formula is C11H13N3O3S. The maximum Gasteiger partial charge on any atom is 0.261 e. The molecule has 0 saturated carbocycles. The van der Waals surface area contributed by atoms with Gasteiger partial charge in [0.2, 0.25) is 5.82 Å². The predicted molar refractivity (Wildman–Crippen MR) is 66.3 cm³/mol. The molecule has 2 aromatic heterocycles. The van der Waals surface area contributed by atoms with Gasteiger partial charge < -0.3 is 19.7 Å². The number of aromatic nitrogens is 2. The van der Waals surface area contributed by atoms with Gasteiger partial charge in [-0.25, -0.2) is 0 Å². The minimum atomic E-state index is -0.253. The lowest BCUT2D eigenvalue weighted by Gasteiger charge is -2.19. The van der Waals surface area contributed by atoms with Crippen molar-refractivity contribution < 1.29 is 14.0 Å². The molecule has 6 nitrogen and oxygen atoms in total. The molecule has 0 amide bonds. The number of hydrogen-bond acceptors (Lipinski definition) is 7. The first-order valence-electron chi connectivity index (χ1n) is 5.63. The van der Waals surface area contributed by atoms with Gasteiger partial charge in [0.1, 0.15) is 6.10 Å². The molecule has 0 spiro atoms. The highest BCUT2D eigenvalue weighted by Gasteiger charge is 2.23. The van der Waals surface area contributed by atoms with Crippen LogP contribution in [-0.4, -0.2) is 30.0 Å². The summed E-state index contributed by atoms with van der Waals surface area (Å²) in [5.41, 5.74) is 6.68. The number of nitrogens with two attached hydrogens (primary N) is 1. The van der Waals surface area contributed by atoms with Crippen LogP contribution in [0.25, 0.3) is 11.5 Å². The fraction of sp³-hybridized carbons (Fsp3) is 0.455. The summed E-state index contributed by atoms with van der Waals surface area (Å²) in [5, 5.41) is 4.61. The molecule has 0 aromatic carbocycles. The fourth-order valence-corrected chi connectivity index (χ4v) is 2.59. The lowest BCUT2D eigenvalue weighted by molar-refractivity contribution is -0.0941. The molecule has 1 fully saturated rings. The minimum Gasteiger partial charge on any atom is -0.390 e. The molecule has 1 aliphatic heterocycles. The van der Waals surface area contributed by atoms with Crippen LogP contribution in [0.15, 0.2) is 10.6 Å². The van der Waals surface area contributed by atoms with Crippen molar-refractivity contribution in [1.82, 2.24) is 10.1 Å². The summed E-state index contributed by atoms with van der Waals surface area (Å²) < 4.78 is 16.0. The maximum atomic E-state index is 5.90. The van der Waals surface area contributed by atoms with Gasteiger partial charge in [0, 0.05) is 4.88 Å². The number of ether oxygens (including phenoxy) is 2. The summed E-state index contributed by atoms with van der Waals surface area (Å²) in [4.78, 5) is 5.43. The lowest BCUT2D eigenvalue weighted by Crippen LogP contribution is -2.22. The van der Waals surface area contributed by atoms with E-state index in [1.165, 1.54) is 11.3 Å². The topological polar surface area (TPSA) is 83.4 Å². The standard InChI is InChI=1S/C11H13N3O3S/c1-6-4-7(9(12)18-6)11-13-10(14-17-11)8-5-15-2-3-16-8/h4,8H,2-3,5,12H2,1H3. The van der Waals surface area contributed by atoms with Gasteiger partial charge in [-0.2, -0.15) is 4.98 Å². The highest BCUT2D eigenvalue weighted by molar-refractivity contribution is 7.16. The Bertz CT molecular complexity index is 545. The van der Waals surface area contributed by atoms with Crippen LogP contribution in [0.1, 0.15) is 16.8 Å². The second-order valence-corrected chi connectivity index (χ2v) is 5.31. The zero-order valence-corrected chi connectivity index (χ0v) is 10.7. The average Bonchev–Trinajstić information content (AvgIpc) is 2.97. The smallest absolute Gasteiger partial charge is 0.261 e. The zero-order chi connectivity index (χ0) is 12.5. The van der Waals surface area contributed by atoms with E-state index in [0.717, 1.165) is 10.4 Å². The molecule has 0 bridgehead atoms. The van der Waals surface area contributed by atoms with Crippen LogP contribution in [-0.2, 0) is 9.47 Å². The predicted octanol–water partition coefficient (Wildman–Crippen LogP) is 1.78. The molecule has 1 atom stereocenters. The molecule has 3 heterocycles. The van der Waals surface area contributed by atoms with E-state index in [9.17, 15) is 0 Å². The molecule has 2 aromatic rings. The van der Waals surface area contributed by atoms with Crippen molar-refractivity contribution in [3.05, 3.63) is 16.8 Å².